The van der Waals surface area contributed by atoms with Gasteiger partial charge in [0.15, 0.2) is 0 Å². The first kappa shape index (κ1) is 19.4. The van der Waals surface area contributed by atoms with Gasteiger partial charge in [-0.05, 0) is 89.3 Å². The average Bonchev–Trinajstić information content (AvgIpc) is 3.61. The minimum absolute atomic E-state index is 0.173. The van der Waals surface area contributed by atoms with E-state index in [2.05, 4.69) is 0 Å². The van der Waals surface area contributed by atoms with Gasteiger partial charge >= 0.3 is 0 Å². The van der Waals surface area contributed by atoms with Crippen molar-refractivity contribution < 1.29 is 15.4 Å². The van der Waals surface area contributed by atoms with Gasteiger partial charge in [-0.15, -0.1) is 0 Å². The molecule has 1 heteroatoms. The van der Waals surface area contributed by atoms with Crippen molar-refractivity contribution in [1.82, 2.24) is 0 Å². The fourth-order valence-electron chi connectivity index (χ4n) is 7.23. The van der Waals surface area contributed by atoms with E-state index in [1.54, 1.807) is 6.07 Å². The number of rotatable bonds is 3. The summed E-state index contributed by atoms with van der Waals surface area (Å²) in [5, 5.41) is 5.98. The lowest BCUT2D eigenvalue weighted by Gasteiger charge is -2.19. The first-order valence-electron chi connectivity index (χ1n) is 19.5. The number of hydrogen-bond donors (Lipinski definition) is 0. The van der Waals surface area contributed by atoms with Crippen molar-refractivity contribution in [3.63, 3.8) is 0 Å². The van der Waals surface area contributed by atoms with Crippen LogP contribution in [0.4, 0.5) is 0 Å². The molecular weight excluding hydrogens is 569 g/mol. The van der Waals surface area contributed by atoms with E-state index >= 15 is 0 Å². The molecule has 0 unspecified atom stereocenters. The Morgan fingerprint density at radius 2 is 0.979 bits per heavy atom. The van der Waals surface area contributed by atoms with Gasteiger partial charge in [0.1, 0.15) is 11.2 Å². The van der Waals surface area contributed by atoms with Crippen molar-refractivity contribution in [2.24, 2.45) is 0 Å². The summed E-state index contributed by atoms with van der Waals surface area (Å²) in [4.78, 5) is 0. The summed E-state index contributed by atoms with van der Waals surface area (Å²) in [6.07, 6.45) is 0. The predicted molar refractivity (Wildman–Crippen MR) is 200 cm³/mol. The van der Waals surface area contributed by atoms with Crippen LogP contribution in [0, 0.1) is 0 Å². The molecule has 10 rings (SSSR count). The molecule has 0 aliphatic heterocycles. The molecule has 0 aliphatic carbocycles. The lowest BCUT2D eigenvalue weighted by Crippen LogP contribution is -1.92. The van der Waals surface area contributed by atoms with E-state index in [-0.39, 0.29) is 45.7 Å². The van der Waals surface area contributed by atoms with Gasteiger partial charge in [-0.3, -0.25) is 0 Å². The molecule has 0 radical (unpaired) electrons. The molecule has 0 N–H and O–H groups in total. The van der Waals surface area contributed by atoms with Gasteiger partial charge in [-0.1, -0.05) is 151 Å². The van der Waals surface area contributed by atoms with Crippen molar-refractivity contribution in [2.45, 2.75) is 0 Å². The summed E-state index contributed by atoms with van der Waals surface area (Å²) < 4.78 is 79.6. The van der Waals surface area contributed by atoms with Gasteiger partial charge in [0.2, 0.25) is 0 Å². The zero-order chi connectivity index (χ0) is 37.9. The maximum absolute atomic E-state index is 9.45. The third-order valence-electron chi connectivity index (χ3n) is 9.30. The molecule has 0 saturated heterocycles. The van der Waals surface area contributed by atoms with Gasteiger partial charge in [0, 0.05) is 16.2 Å². The van der Waals surface area contributed by atoms with Crippen LogP contribution in [0.25, 0.3) is 98.4 Å². The number of fused-ring (bicyclic) bond motifs is 8. The molecule has 1 aromatic heterocycles. The Bertz CT molecular complexity index is 3220. The van der Waals surface area contributed by atoms with Crippen LogP contribution in [0.1, 0.15) is 11.0 Å². The highest BCUT2D eigenvalue weighted by Crippen LogP contribution is 2.47. The Morgan fingerprint density at radius 1 is 0.383 bits per heavy atom. The largest absolute Gasteiger partial charge is 0.455 e. The molecule has 47 heavy (non-hydrogen) atoms. The molecule has 1 nitrogen and oxygen atoms in total. The fraction of sp³-hybridized carbons (Fsp3) is 0. The van der Waals surface area contributed by atoms with Crippen LogP contribution >= 0.6 is 0 Å². The first-order valence-corrected chi connectivity index (χ1v) is 15.5. The molecule has 0 aliphatic rings. The van der Waals surface area contributed by atoms with Crippen molar-refractivity contribution in [3.05, 3.63) is 170 Å². The van der Waals surface area contributed by atoms with Crippen molar-refractivity contribution >= 4 is 65.0 Å². The highest BCUT2D eigenvalue weighted by molar-refractivity contribution is 6.25. The second-order valence-corrected chi connectivity index (χ2v) is 11.8. The smallest absolute Gasteiger partial charge is 0.143 e. The van der Waals surface area contributed by atoms with Gasteiger partial charge in [-0.25, -0.2) is 0 Å². The van der Waals surface area contributed by atoms with E-state index in [0.717, 1.165) is 43.4 Å². The van der Waals surface area contributed by atoms with Crippen LogP contribution in [-0.2, 0) is 0 Å². The van der Waals surface area contributed by atoms with Crippen LogP contribution in [0.2, 0.25) is 0 Å². The third kappa shape index (κ3) is 3.90. The molecule has 9 aromatic carbocycles. The summed E-state index contributed by atoms with van der Waals surface area (Å²) in [7, 11) is 0. The predicted octanol–water partition coefficient (Wildman–Crippen LogP) is 13.2. The van der Waals surface area contributed by atoms with Crippen LogP contribution in [-0.4, -0.2) is 0 Å². The van der Waals surface area contributed by atoms with Crippen LogP contribution in [0.3, 0.4) is 0 Å². The zero-order valence-electron chi connectivity index (χ0n) is 33.0. The number of furan rings is 1. The Morgan fingerprint density at radius 3 is 1.70 bits per heavy atom. The molecule has 1 heterocycles. The van der Waals surface area contributed by atoms with E-state index in [0.29, 0.717) is 33.4 Å². The summed E-state index contributed by atoms with van der Waals surface area (Å²) >= 11 is 0. The monoisotopic (exact) mass is 604 g/mol. The van der Waals surface area contributed by atoms with Crippen molar-refractivity contribution in [3.8, 4) is 33.4 Å². The molecule has 0 fully saturated rings. The van der Waals surface area contributed by atoms with Crippen LogP contribution in [0.5, 0.6) is 0 Å². The van der Waals surface area contributed by atoms with E-state index < -0.39 is 24.2 Å². The second-order valence-electron chi connectivity index (χ2n) is 11.8. The van der Waals surface area contributed by atoms with E-state index in [1.165, 1.54) is 0 Å². The van der Waals surface area contributed by atoms with Gasteiger partial charge in [0.05, 0.1) is 11.0 Å². The second kappa shape index (κ2) is 10.2. The topological polar surface area (TPSA) is 13.1 Å². The first-order chi connectivity index (χ1) is 26.7. The molecule has 0 bridgehead atoms. The summed E-state index contributed by atoms with van der Waals surface area (Å²) in [6.45, 7) is 0. The minimum Gasteiger partial charge on any atom is -0.455 e. The van der Waals surface area contributed by atoms with Gasteiger partial charge in [-0.2, -0.15) is 0 Å². The molecule has 0 spiro atoms. The van der Waals surface area contributed by atoms with Crippen molar-refractivity contribution in [1.29, 1.82) is 0 Å². The number of hydrogen-bond acceptors (Lipinski definition) is 1. The Labute approximate surface area is 283 Å². The molecule has 10 aromatic rings. The van der Waals surface area contributed by atoms with E-state index in [9.17, 15) is 5.48 Å². The van der Waals surface area contributed by atoms with Crippen LogP contribution < -0.4 is 0 Å². The van der Waals surface area contributed by atoms with Gasteiger partial charge in [0.25, 0.3) is 0 Å². The summed E-state index contributed by atoms with van der Waals surface area (Å²) in [5.41, 5.74) is 5.04. The normalized spacial score (nSPS) is 14.2. The Kier molecular flexibility index (Phi) is 4.19. The Hall–Kier alpha value is -6.18. The highest BCUT2D eigenvalue weighted by Gasteiger charge is 2.20. The van der Waals surface area contributed by atoms with E-state index in [1.807, 2.05) is 115 Å². The summed E-state index contributed by atoms with van der Waals surface area (Å²) in [6, 6.07) is 36.2. The molecule has 0 amide bonds. The molecular formula is C46H28O. The third-order valence-corrected chi connectivity index (χ3v) is 9.30. The fourth-order valence-corrected chi connectivity index (χ4v) is 7.23. The minimum atomic E-state index is -0.435. The summed E-state index contributed by atoms with van der Waals surface area (Å²) in [5.74, 6) is 0. The maximum Gasteiger partial charge on any atom is 0.143 e. The maximum atomic E-state index is 9.45. The highest BCUT2D eigenvalue weighted by atomic mass is 16.3. The SMILES string of the molecule is [2H]c1c([2H])c([2H])c2c(-c3ccc(-c4ccccc4)c4ccccc34)c3c([2H])c([2H])c([2H])c([2H])c3c(-c3ccc4oc5c6ccccc6ccc5c4c3)c2c1[2H]. The molecule has 218 valence electrons. The van der Waals surface area contributed by atoms with E-state index in [4.69, 9.17) is 9.90 Å². The quantitative estimate of drug-likeness (QED) is 0.183. The van der Waals surface area contributed by atoms with Crippen LogP contribution in [0.15, 0.2) is 174 Å². The Balaban J connectivity index is 1.41. The molecule has 0 saturated carbocycles. The lowest BCUT2D eigenvalue weighted by molar-refractivity contribution is 0.672. The zero-order valence-corrected chi connectivity index (χ0v) is 25.0. The number of benzene rings is 9. The molecule has 0 atom stereocenters. The lowest BCUT2D eigenvalue weighted by atomic mass is 9.83. The van der Waals surface area contributed by atoms with Gasteiger partial charge < -0.3 is 4.42 Å². The van der Waals surface area contributed by atoms with Crippen molar-refractivity contribution in [2.75, 3.05) is 0 Å². The average molecular weight is 605 g/mol. The standard InChI is InChI=1S/C46H28O/c1-2-12-29(13-3-1)32-25-26-40(35-17-7-6-16-34(32)35)45-38-20-10-8-18-36(38)44(37-19-9-11-21-39(37)45)31-23-27-43-42(28-31)41-24-22-30-14-4-5-15-33(30)46(41)47-43/h1-28H/i8D,9D,10D,11D,18D,19D,20D,21D.